The number of carbonyl (C=O) groups is 1. The summed E-state index contributed by atoms with van der Waals surface area (Å²) in [5.74, 6) is 0.400. The number of hydrogen-bond acceptors (Lipinski definition) is 3. The first-order valence-electron chi connectivity index (χ1n) is 6.81. The lowest BCUT2D eigenvalue weighted by molar-refractivity contribution is -0.141. The molecule has 1 amide bonds. The van der Waals surface area contributed by atoms with Gasteiger partial charge < -0.3 is 14.8 Å². The summed E-state index contributed by atoms with van der Waals surface area (Å²) in [7, 11) is 0. The van der Waals surface area contributed by atoms with Crippen molar-refractivity contribution in [3.63, 3.8) is 0 Å². The van der Waals surface area contributed by atoms with Gasteiger partial charge in [0.05, 0.1) is 6.54 Å². The monoisotopic (exact) mass is 259 g/mol. The van der Waals surface area contributed by atoms with Gasteiger partial charge in [0.1, 0.15) is 0 Å². The largest absolute Gasteiger partial charge is 0.351 e. The molecule has 0 radical (unpaired) electrons. The second kappa shape index (κ2) is 8.48. The van der Waals surface area contributed by atoms with Gasteiger partial charge >= 0.3 is 0 Å². The molecule has 0 fully saturated rings. The molecule has 1 N–H and O–H groups in total. The van der Waals surface area contributed by atoms with Crippen molar-refractivity contribution < 1.29 is 14.3 Å². The summed E-state index contributed by atoms with van der Waals surface area (Å²) >= 11 is 0. The molecule has 18 heavy (non-hydrogen) atoms. The van der Waals surface area contributed by atoms with Crippen molar-refractivity contribution in [2.24, 2.45) is 11.3 Å². The van der Waals surface area contributed by atoms with Crippen molar-refractivity contribution in [3.8, 4) is 0 Å². The zero-order chi connectivity index (χ0) is 14.2. The number of amides is 1. The van der Waals surface area contributed by atoms with Crippen molar-refractivity contribution in [3.05, 3.63) is 0 Å². The zero-order valence-electron chi connectivity index (χ0n) is 12.7. The summed E-state index contributed by atoms with van der Waals surface area (Å²) < 4.78 is 10.7. The molecule has 0 aromatic rings. The fourth-order valence-corrected chi connectivity index (χ4v) is 1.39. The molecule has 108 valence electrons. The van der Waals surface area contributed by atoms with Crippen LogP contribution in [0.25, 0.3) is 0 Å². The van der Waals surface area contributed by atoms with Crippen LogP contribution in [0.2, 0.25) is 0 Å². The van der Waals surface area contributed by atoms with Crippen LogP contribution in [0, 0.1) is 11.3 Å². The van der Waals surface area contributed by atoms with E-state index in [0.717, 1.165) is 0 Å². The molecule has 0 aliphatic heterocycles. The second-order valence-corrected chi connectivity index (χ2v) is 5.62. The SMILES string of the molecule is CCOC(CNC(=O)CC(C)C(C)(C)C)OCC. The average Bonchev–Trinajstić information content (AvgIpc) is 2.25. The number of hydrogen-bond donors (Lipinski definition) is 1. The van der Waals surface area contributed by atoms with Crippen LogP contribution in [0.4, 0.5) is 0 Å². The van der Waals surface area contributed by atoms with Crippen LogP contribution in [0.15, 0.2) is 0 Å². The highest BCUT2D eigenvalue weighted by atomic mass is 16.7. The topological polar surface area (TPSA) is 47.6 Å². The second-order valence-electron chi connectivity index (χ2n) is 5.62. The summed E-state index contributed by atoms with van der Waals surface area (Å²) in [4.78, 5) is 11.8. The van der Waals surface area contributed by atoms with Crippen molar-refractivity contribution >= 4 is 5.91 Å². The molecule has 4 nitrogen and oxygen atoms in total. The van der Waals surface area contributed by atoms with Crippen molar-refractivity contribution in [1.29, 1.82) is 0 Å². The normalized spacial score (nSPS) is 13.7. The molecular formula is C14H29NO3. The first-order valence-corrected chi connectivity index (χ1v) is 6.81. The van der Waals surface area contributed by atoms with E-state index in [0.29, 0.717) is 32.1 Å². The lowest BCUT2D eigenvalue weighted by Gasteiger charge is -2.27. The fraction of sp³-hybridized carbons (Fsp3) is 0.929. The number of rotatable bonds is 8. The minimum Gasteiger partial charge on any atom is -0.351 e. The van der Waals surface area contributed by atoms with Crippen molar-refractivity contribution in [1.82, 2.24) is 5.32 Å². The lowest BCUT2D eigenvalue weighted by atomic mass is 9.80. The average molecular weight is 259 g/mol. The Morgan fingerprint density at radius 2 is 1.67 bits per heavy atom. The van der Waals surface area contributed by atoms with Gasteiger partial charge in [-0.1, -0.05) is 27.7 Å². The maximum atomic E-state index is 11.8. The van der Waals surface area contributed by atoms with E-state index in [4.69, 9.17) is 9.47 Å². The predicted molar refractivity (Wildman–Crippen MR) is 73.3 cm³/mol. The molecule has 0 heterocycles. The Kier molecular flexibility index (Phi) is 8.20. The minimum absolute atomic E-state index is 0.0573. The molecule has 0 aliphatic carbocycles. The molecule has 0 saturated heterocycles. The number of nitrogens with one attached hydrogen (secondary N) is 1. The first-order chi connectivity index (χ1) is 8.31. The van der Waals surface area contributed by atoms with E-state index in [-0.39, 0.29) is 17.6 Å². The van der Waals surface area contributed by atoms with E-state index in [2.05, 4.69) is 33.0 Å². The van der Waals surface area contributed by atoms with E-state index >= 15 is 0 Å². The Morgan fingerprint density at radius 3 is 2.06 bits per heavy atom. The molecule has 0 bridgehead atoms. The van der Waals surface area contributed by atoms with Gasteiger partial charge in [0, 0.05) is 19.6 Å². The van der Waals surface area contributed by atoms with Gasteiger partial charge in [-0.3, -0.25) is 4.79 Å². The highest BCUT2D eigenvalue weighted by molar-refractivity contribution is 5.76. The van der Waals surface area contributed by atoms with Crippen LogP contribution in [0.5, 0.6) is 0 Å². The van der Waals surface area contributed by atoms with Crippen LogP contribution in [0.1, 0.15) is 48.0 Å². The molecule has 0 aliphatic rings. The van der Waals surface area contributed by atoms with Crippen LogP contribution in [-0.2, 0) is 14.3 Å². The molecule has 0 saturated carbocycles. The van der Waals surface area contributed by atoms with E-state index in [1.54, 1.807) is 0 Å². The minimum atomic E-state index is -0.339. The summed E-state index contributed by atoms with van der Waals surface area (Å²) in [5, 5.41) is 2.87. The van der Waals surface area contributed by atoms with Crippen LogP contribution < -0.4 is 5.32 Å². The Balaban J connectivity index is 4.00. The third kappa shape index (κ3) is 7.67. The van der Waals surface area contributed by atoms with Gasteiger partial charge in [-0.25, -0.2) is 0 Å². The predicted octanol–water partition coefficient (Wildman–Crippen LogP) is 2.57. The summed E-state index contributed by atoms with van der Waals surface area (Å²) in [6.07, 6.45) is 0.197. The van der Waals surface area contributed by atoms with Crippen molar-refractivity contribution in [2.75, 3.05) is 19.8 Å². The van der Waals surface area contributed by atoms with E-state index in [1.807, 2.05) is 13.8 Å². The Bertz CT molecular complexity index is 230. The van der Waals surface area contributed by atoms with Gasteiger partial charge in [-0.05, 0) is 25.2 Å². The molecule has 4 heteroatoms. The third-order valence-corrected chi connectivity index (χ3v) is 3.14. The Morgan fingerprint density at radius 1 is 1.17 bits per heavy atom. The first kappa shape index (κ1) is 17.4. The van der Waals surface area contributed by atoms with Gasteiger partial charge in [0.15, 0.2) is 6.29 Å². The highest BCUT2D eigenvalue weighted by Gasteiger charge is 2.22. The molecule has 0 aromatic carbocycles. The maximum Gasteiger partial charge on any atom is 0.220 e. The maximum absolute atomic E-state index is 11.8. The highest BCUT2D eigenvalue weighted by Crippen LogP contribution is 2.27. The smallest absolute Gasteiger partial charge is 0.220 e. The molecule has 0 aromatic heterocycles. The summed E-state index contributed by atoms with van der Waals surface area (Å²) in [6.45, 7) is 13.9. The summed E-state index contributed by atoms with van der Waals surface area (Å²) in [6, 6.07) is 0. The number of carbonyl (C=O) groups excluding carboxylic acids is 1. The van der Waals surface area contributed by atoms with Crippen molar-refractivity contribution in [2.45, 2.75) is 54.3 Å². The van der Waals surface area contributed by atoms with E-state index in [9.17, 15) is 4.79 Å². The van der Waals surface area contributed by atoms with E-state index in [1.165, 1.54) is 0 Å². The van der Waals surface area contributed by atoms with E-state index < -0.39 is 0 Å². The van der Waals surface area contributed by atoms with Gasteiger partial charge in [0.2, 0.25) is 5.91 Å². The number of ether oxygens (including phenoxy) is 2. The molecule has 0 spiro atoms. The quantitative estimate of drug-likeness (QED) is 0.682. The van der Waals surface area contributed by atoms with Gasteiger partial charge in [-0.2, -0.15) is 0 Å². The van der Waals surface area contributed by atoms with Crippen LogP contribution in [0.3, 0.4) is 0 Å². The zero-order valence-corrected chi connectivity index (χ0v) is 12.7. The lowest BCUT2D eigenvalue weighted by Crippen LogP contribution is -2.37. The molecule has 1 unspecified atom stereocenters. The molecule has 0 rings (SSSR count). The van der Waals surface area contributed by atoms with Gasteiger partial charge in [-0.15, -0.1) is 0 Å². The van der Waals surface area contributed by atoms with Crippen LogP contribution in [-0.4, -0.2) is 32.0 Å². The Labute approximate surface area is 111 Å². The van der Waals surface area contributed by atoms with Gasteiger partial charge in [0.25, 0.3) is 0 Å². The molecule has 1 atom stereocenters. The Hall–Kier alpha value is -0.610. The molecular weight excluding hydrogens is 230 g/mol. The van der Waals surface area contributed by atoms with Crippen LogP contribution >= 0.6 is 0 Å². The summed E-state index contributed by atoms with van der Waals surface area (Å²) in [5.41, 5.74) is 0.149. The fourth-order valence-electron chi connectivity index (χ4n) is 1.39. The standard InChI is InChI=1S/C14H29NO3/c1-7-17-13(18-8-2)10-15-12(16)9-11(3)14(4,5)6/h11,13H,7-10H2,1-6H3,(H,15,16). The third-order valence-electron chi connectivity index (χ3n) is 3.14.